The molecule has 1 aromatic rings. The van der Waals surface area contributed by atoms with Crippen LogP contribution in [0.4, 0.5) is 4.39 Å². The van der Waals surface area contributed by atoms with E-state index in [1.165, 1.54) is 6.07 Å². The summed E-state index contributed by atoms with van der Waals surface area (Å²) in [5.74, 6) is -1.73. The molecule has 1 rings (SSSR count). The van der Waals surface area contributed by atoms with Gasteiger partial charge >= 0.3 is 5.97 Å². The maximum absolute atomic E-state index is 13.5. The van der Waals surface area contributed by atoms with E-state index in [1.807, 2.05) is 0 Å². The van der Waals surface area contributed by atoms with Crippen LogP contribution in [-0.4, -0.2) is 29.6 Å². The van der Waals surface area contributed by atoms with Crippen LogP contribution < -0.4 is 0 Å². The fourth-order valence-electron chi connectivity index (χ4n) is 1.56. The number of halogens is 2. The Hall–Kier alpha value is -1.13. The Morgan fingerprint density at radius 2 is 2.24 bits per heavy atom. The summed E-state index contributed by atoms with van der Waals surface area (Å²) >= 11 is 5.89. The molecule has 17 heavy (non-hydrogen) atoms. The van der Waals surface area contributed by atoms with Gasteiger partial charge in [-0.15, -0.1) is 0 Å². The van der Waals surface area contributed by atoms with Crippen LogP contribution in [0.2, 0.25) is 5.02 Å². The van der Waals surface area contributed by atoms with Crippen LogP contribution in [0.5, 0.6) is 0 Å². The minimum atomic E-state index is -0.864. The van der Waals surface area contributed by atoms with Crippen LogP contribution >= 0.6 is 11.6 Å². The lowest BCUT2D eigenvalue weighted by Gasteiger charge is -2.19. The third kappa shape index (κ3) is 3.98. The second-order valence-corrected chi connectivity index (χ2v) is 4.54. The highest BCUT2D eigenvalue weighted by atomic mass is 35.5. The van der Waals surface area contributed by atoms with Gasteiger partial charge in [0.05, 0.1) is 5.92 Å². The van der Waals surface area contributed by atoms with E-state index in [0.29, 0.717) is 23.7 Å². The lowest BCUT2D eigenvalue weighted by atomic mass is 10.1. The van der Waals surface area contributed by atoms with Crippen LogP contribution in [0.1, 0.15) is 12.5 Å². The summed E-state index contributed by atoms with van der Waals surface area (Å²) in [4.78, 5) is 12.4. The number of carboxylic acid groups (broad SMARTS) is 1. The summed E-state index contributed by atoms with van der Waals surface area (Å²) in [6.45, 7) is 2.25. The van der Waals surface area contributed by atoms with Crippen LogP contribution in [0, 0.1) is 11.7 Å². The molecule has 0 bridgehead atoms. The van der Waals surface area contributed by atoms with Crippen LogP contribution in [0.3, 0.4) is 0 Å². The maximum atomic E-state index is 13.5. The fraction of sp³-hybridized carbons (Fsp3) is 0.417. The van der Waals surface area contributed by atoms with Crippen molar-refractivity contribution in [3.05, 3.63) is 34.6 Å². The minimum Gasteiger partial charge on any atom is -0.481 e. The predicted octanol–water partition coefficient (Wildman–Crippen LogP) is 2.63. The minimum absolute atomic E-state index is 0.295. The van der Waals surface area contributed by atoms with Gasteiger partial charge < -0.3 is 10.0 Å². The Balaban J connectivity index is 2.68. The van der Waals surface area contributed by atoms with E-state index >= 15 is 0 Å². The molecule has 0 amide bonds. The van der Waals surface area contributed by atoms with E-state index in [-0.39, 0.29) is 5.82 Å². The average molecular weight is 260 g/mol. The summed E-state index contributed by atoms with van der Waals surface area (Å²) in [5.41, 5.74) is 0.397. The van der Waals surface area contributed by atoms with E-state index in [4.69, 9.17) is 16.7 Å². The molecule has 3 nitrogen and oxygen atoms in total. The average Bonchev–Trinajstić information content (AvgIpc) is 2.23. The maximum Gasteiger partial charge on any atom is 0.307 e. The molecule has 0 heterocycles. The molecule has 0 aromatic heterocycles. The normalized spacial score (nSPS) is 12.8. The van der Waals surface area contributed by atoms with E-state index in [9.17, 15) is 9.18 Å². The summed E-state index contributed by atoms with van der Waals surface area (Å²) in [7, 11) is 1.74. The molecule has 1 aromatic carbocycles. The zero-order valence-corrected chi connectivity index (χ0v) is 10.5. The first-order valence-electron chi connectivity index (χ1n) is 5.26. The molecular formula is C12H15ClFNO2. The SMILES string of the molecule is CC(CN(C)Cc1c(F)cccc1Cl)C(=O)O. The molecule has 1 N–H and O–H groups in total. The molecule has 0 aliphatic heterocycles. The van der Waals surface area contributed by atoms with Gasteiger partial charge in [-0.05, 0) is 19.2 Å². The first-order chi connectivity index (χ1) is 7.91. The number of hydrogen-bond acceptors (Lipinski definition) is 2. The summed E-state index contributed by atoms with van der Waals surface area (Å²) < 4.78 is 13.5. The Labute approximate surface area is 105 Å². The zero-order valence-electron chi connectivity index (χ0n) is 9.78. The topological polar surface area (TPSA) is 40.5 Å². The van der Waals surface area contributed by atoms with E-state index in [0.717, 1.165) is 0 Å². The third-order valence-electron chi connectivity index (χ3n) is 2.50. The van der Waals surface area contributed by atoms with Gasteiger partial charge in [-0.2, -0.15) is 0 Å². The van der Waals surface area contributed by atoms with Crippen molar-refractivity contribution in [2.45, 2.75) is 13.5 Å². The van der Waals surface area contributed by atoms with Crippen LogP contribution in [0.25, 0.3) is 0 Å². The van der Waals surface area contributed by atoms with Gasteiger partial charge in [0, 0.05) is 23.7 Å². The number of benzene rings is 1. The Morgan fingerprint density at radius 1 is 1.59 bits per heavy atom. The largest absolute Gasteiger partial charge is 0.481 e. The summed E-state index contributed by atoms with van der Waals surface area (Å²) in [6.07, 6.45) is 0. The van der Waals surface area contributed by atoms with Crippen LogP contribution in [0.15, 0.2) is 18.2 Å². The monoisotopic (exact) mass is 259 g/mol. The van der Waals surface area contributed by atoms with Gasteiger partial charge in [0.25, 0.3) is 0 Å². The zero-order chi connectivity index (χ0) is 13.0. The molecule has 0 radical (unpaired) electrons. The van der Waals surface area contributed by atoms with Crippen molar-refractivity contribution >= 4 is 17.6 Å². The lowest BCUT2D eigenvalue weighted by molar-refractivity contribution is -0.141. The number of carbonyl (C=O) groups is 1. The molecule has 0 saturated carbocycles. The Kier molecular flexibility index (Phi) is 4.90. The van der Waals surface area contributed by atoms with E-state index in [2.05, 4.69) is 0 Å². The number of rotatable bonds is 5. The quantitative estimate of drug-likeness (QED) is 0.884. The van der Waals surface area contributed by atoms with Crippen molar-refractivity contribution < 1.29 is 14.3 Å². The highest BCUT2D eigenvalue weighted by Gasteiger charge is 2.15. The molecule has 0 saturated heterocycles. The van der Waals surface area contributed by atoms with Crippen molar-refractivity contribution in [3.63, 3.8) is 0 Å². The molecule has 5 heteroatoms. The number of aliphatic carboxylic acids is 1. The number of nitrogens with zero attached hydrogens (tertiary/aromatic N) is 1. The standard InChI is InChI=1S/C12H15ClFNO2/c1-8(12(16)17)6-15(2)7-9-10(13)4-3-5-11(9)14/h3-5,8H,6-7H2,1-2H3,(H,16,17). The van der Waals surface area contributed by atoms with Gasteiger partial charge in [0.1, 0.15) is 5.82 Å². The smallest absolute Gasteiger partial charge is 0.307 e. The summed E-state index contributed by atoms with van der Waals surface area (Å²) in [5, 5.41) is 9.14. The molecule has 0 spiro atoms. The Bertz CT molecular complexity index is 391. The van der Waals surface area contributed by atoms with Crippen LogP contribution in [-0.2, 0) is 11.3 Å². The molecular weight excluding hydrogens is 245 g/mol. The van der Waals surface area contributed by atoms with Gasteiger partial charge in [0.2, 0.25) is 0 Å². The van der Waals surface area contributed by atoms with Crippen molar-refractivity contribution in [2.24, 2.45) is 5.92 Å². The molecule has 1 atom stereocenters. The van der Waals surface area contributed by atoms with Crippen molar-refractivity contribution in [3.8, 4) is 0 Å². The first-order valence-corrected chi connectivity index (χ1v) is 5.64. The number of carboxylic acids is 1. The Morgan fingerprint density at radius 3 is 2.76 bits per heavy atom. The van der Waals surface area contributed by atoms with Crippen molar-refractivity contribution in [2.75, 3.05) is 13.6 Å². The van der Waals surface area contributed by atoms with E-state index < -0.39 is 11.9 Å². The third-order valence-corrected chi connectivity index (χ3v) is 2.85. The van der Waals surface area contributed by atoms with E-state index in [1.54, 1.807) is 31.0 Å². The highest BCUT2D eigenvalue weighted by Crippen LogP contribution is 2.20. The summed E-state index contributed by atoms with van der Waals surface area (Å²) in [6, 6.07) is 4.51. The predicted molar refractivity (Wildman–Crippen MR) is 64.5 cm³/mol. The first kappa shape index (κ1) is 13.9. The molecule has 1 unspecified atom stereocenters. The van der Waals surface area contributed by atoms with Gasteiger partial charge in [-0.3, -0.25) is 4.79 Å². The van der Waals surface area contributed by atoms with Gasteiger partial charge in [0.15, 0.2) is 0 Å². The highest BCUT2D eigenvalue weighted by molar-refractivity contribution is 6.31. The fourth-order valence-corrected chi connectivity index (χ4v) is 1.79. The van der Waals surface area contributed by atoms with Crippen molar-refractivity contribution in [1.29, 1.82) is 0 Å². The second-order valence-electron chi connectivity index (χ2n) is 4.14. The molecule has 0 aliphatic rings. The lowest BCUT2D eigenvalue weighted by Crippen LogP contribution is -2.28. The van der Waals surface area contributed by atoms with Gasteiger partial charge in [-0.25, -0.2) is 4.39 Å². The van der Waals surface area contributed by atoms with Gasteiger partial charge in [-0.1, -0.05) is 24.6 Å². The van der Waals surface area contributed by atoms with Crippen molar-refractivity contribution in [1.82, 2.24) is 4.90 Å². The molecule has 94 valence electrons. The second kappa shape index (κ2) is 5.98. The molecule has 0 aliphatic carbocycles. The molecule has 0 fully saturated rings. The number of hydrogen-bond donors (Lipinski definition) is 1.